The lowest BCUT2D eigenvalue weighted by Gasteiger charge is -2.02. The predicted octanol–water partition coefficient (Wildman–Crippen LogP) is 7.25. The number of unbranched alkanes of at least 4 members (excludes halogenated alkanes) is 14. The highest BCUT2D eigenvalue weighted by Gasteiger charge is 1.93. The summed E-state index contributed by atoms with van der Waals surface area (Å²) in [5.41, 5.74) is 0. The number of allylic oxidation sites excluding steroid dienone is 2. The Kier molecular flexibility index (Phi) is 17.5. The molecule has 0 aliphatic carbocycles. The first kappa shape index (κ1) is 18.7. The van der Waals surface area contributed by atoms with Gasteiger partial charge in [-0.05, 0) is 19.8 Å². The number of hydrogen-bond donors (Lipinski definition) is 0. The summed E-state index contributed by atoms with van der Waals surface area (Å²) in [5, 5.41) is 0. The van der Waals surface area contributed by atoms with Crippen molar-refractivity contribution in [2.24, 2.45) is 0 Å². The van der Waals surface area contributed by atoms with Crippen molar-refractivity contribution in [3.63, 3.8) is 0 Å². The molecule has 19 heavy (non-hydrogen) atoms. The van der Waals surface area contributed by atoms with Crippen molar-refractivity contribution in [1.29, 1.82) is 0 Å². The third-order valence-electron chi connectivity index (χ3n) is 3.89. The van der Waals surface area contributed by atoms with Crippen molar-refractivity contribution >= 4 is 0 Å². The van der Waals surface area contributed by atoms with E-state index in [1.54, 1.807) is 0 Å². The highest BCUT2D eigenvalue weighted by atomic mass is 14.0. The van der Waals surface area contributed by atoms with Gasteiger partial charge in [0.1, 0.15) is 0 Å². The molecule has 0 aromatic rings. The Hall–Kier alpha value is -0.260. The molecule has 0 atom stereocenters. The van der Waals surface area contributed by atoms with E-state index in [1.807, 2.05) is 6.08 Å². The van der Waals surface area contributed by atoms with Gasteiger partial charge in [0.05, 0.1) is 0 Å². The Morgan fingerprint density at radius 3 is 1.32 bits per heavy atom. The second-order valence-corrected chi connectivity index (χ2v) is 5.86. The van der Waals surface area contributed by atoms with E-state index in [4.69, 9.17) is 0 Å². The van der Waals surface area contributed by atoms with E-state index in [9.17, 15) is 0 Å². The Morgan fingerprint density at radius 2 is 0.947 bits per heavy atom. The molecule has 0 heteroatoms. The lowest BCUT2D eigenvalue weighted by Crippen LogP contribution is -1.83. The molecule has 1 radical (unpaired) electrons. The second-order valence-electron chi connectivity index (χ2n) is 5.86. The second kappa shape index (κ2) is 17.7. The fourth-order valence-electron chi connectivity index (χ4n) is 2.57. The molecule has 0 saturated heterocycles. The molecule has 0 bridgehead atoms. The highest BCUT2D eigenvalue weighted by Crippen LogP contribution is 2.13. The molecule has 0 rings (SSSR count). The molecule has 0 aromatic carbocycles. The minimum Gasteiger partial charge on any atom is -0.0885 e. The highest BCUT2D eigenvalue weighted by molar-refractivity contribution is 4.83. The van der Waals surface area contributed by atoms with Crippen LogP contribution < -0.4 is 0 Å². The third kappa shape index (κ3) is 17.7. The average molecular weight is 266 g/mol. The molecule has 113 valence electrons. The van der Waals surface area contributed by atoms with E-state index in [1.165, 1.54) is 96.3 Å². The maximum absolute atomic E-state index is 3.71. The normalized spacial score (nSPS) is 11.5. The number of hydrogen-bond acceptors (Lipinski definition) is 0. The zero-order chi connectivity index (χ0) is 14.0. The molecule has 0 nitrogen and oxygen atoms in total. The maximum Gasteiger partial charge on any atom is -0.0316 e. The molecule has 0 saturated carbocycles. The van der Waals surface area contributed by atoms with Crippen molar-refractivity contribution in [3.05, 3.63) is 19.1 Å². The lowest BCUT2D eigenvalue weighted by molar-refractivity contribution is 0.536. The van der Waals surface area contributed by atoms with Crippen molar-refractivity contribution in [2.75, 3.05) is 0 Å². The smallest absolute Gasteiger partial charge is 0.0316 e. The standard InChI is InChI=1S/C19H37/c1-3-5-7-9-11-13-15-17-19-18-16-14-12-10-8-6-4-2/h3,5H,1,4,6-19H2,2H3/b5-3+. The van der Waals surface area contributed by atoms with Crippen LogP contribution in [0.3, 0.4) is 0 Å². The quantitative estimate of drug-likeness (QED) is 0.274. The van der Waals surface area contributed by atoms with Gasteiger partial charge in [-0.1, -0.05) is 103 Å². The van der Waals surface area contributed by atoms with Crippen LogP contribution in [0.5, 0.6) is 0 Å². The minimum absolute atomic E-state index is 1.22. The van der Waals surface area contributed by atoms with E-state index < -0.39 is 0 Å². The fourth-order valence-corrected chi connectivity index (χ4v) is 2.57. The van der Waals surface area contributed by atoms with Crippen LogP contribution in [-0.4, -0.2) is 0 Å². The van der Waals surface area contributed by atoms with Gasteiger partial charge >= 0.3 is 0 Å². The topological polar surface area (TPSA) is 0 Å². The Bertz CT molecular complexity index is 169. The molecule has 0 unspecified atom stereocenters. The van der Waals surface area contributed by atoms with Gasteiger partial charge in [0.2, 0.25) is 0 Å². The molecule has 0 aliphatic rings. The molecule has 0 amide bonds. The van der Waals surface area contributed by atoms with Crippen molar-refractivity contribution in [3.8, 4) is 0 Å². The molecule has 0 fully saturated rings. The first-order valence-electron chi connectivity index (χ1n) is 8.86. The predicted molar refractivity (Wildman–Crippen MR) is 89.4 cm³/mol. The van der Waals surface area contributed by atoms with E-state index in [2.05, 4.69) is 19.9 Å². The molecular weight excluding hydrogens is 228 g/mol. The molecule has 0 aliphatic heterocycles. The molecular formula is C19H37. The SMILES string of the molecule is [CH2]/C=C/CCCCCCCCCCCCCCCC. The Labute approximate surface area is 123 Å². The van der Waals surface area contributed by atoms with Crippen molar-refractivity contribution < 1.29 is 0 Å². The lowest BCUT2D eigenvalue weighted by atomic mass is 10.0. The summed E-state index contributed by atoms with van der Waals surface area (Å²) in [6.07, 6.45) is 25.5. The summed E-state index contributed by atoms with van der Waals surface area (Å²) >= 11 is 0. The number of rotatable bonds is 15. The Balaban J connectivity index is 2.91. The molecule has 0 N–H and O–H groups in total. The first-order valence-corrected chi connectivity index (χ1v) is 8.86. The van der Waals surface area contributed by atoms with Gasteiger partial charge in [0.25, 0.3) is 0 Å². The van der Waals surface area contributed by atoms with Gasteiger partial charge in [-0.15, -0.1) is 0 Å². The summed E-state index contributed by atoms with van der Waals surface area (Å²) < 4.78 is 0. The zero-order valence-corrected chi connectivity index (χ0v) is 13.5. The minimum atomic E-state index is 1.22. The van der Waals surface area contributed by atoms with Crippen LogP contribution >= 0.6 is 0 Å². The van der Waals surface area contributed by atoms with Crippen molar-refractivity contribution in [2.45, 2.75) is 103 Å². The van der Waals surface area contributed by atoms with Gasteiger partial charge in [0.15, 0.2) is 0 Å². The third-order valence-corrected chi connectivity index (χ3v) is 3.89. The van der Waals surface area contributed by atoms with Crippen LogP contribution in [0, 0.1) is 6.92 Å². The van der Waals surface area contributed by atoms with Crippen LogP contribution in [0.4, 0.5) is 0 Å². The summed E-state index contributed by atoms with van der Waals surface area (Å²) in [4.78, 5) is 0. The molecule has 0 heterocycles. The van der Waals surface area contributed by atoms with Gasteiger partial charge in [0, 0.05) is 0 Å². The van der Waals surface area contributed by atoms with Crippen LogP contribution in [0.15, 0.2) is 12.2 Å². The van der Waals surface area contributed by atoms with Gasteiger partial charge < -0.3 is 0 Å². The summed E-state index contributed by atoms with van der Waals surface area (Å²) in [7, 11) is 0. The van der Waals surface area contributed by atoms with Gasteiger partial charge in [-0.25, -0.2) is 0 Å². The van der Waals surface area contributed by atoms with Crippen LogP contribution in [-0.2, 0) is 0 Å². The fraction of sp³-hybridized carbons (Fsp3) is 0.842. The largest absolute Gasteiger partial charge is 0.0885 e. The van der Waals surface area contributed by atoms with Crippen LogP contribution in [0.2, 0.25) is 0 Å². The van der Waals surface area contributed by atoms with E-state index >= 15 is 0 Å². The maximum atomic E-state index is 3.71. The Morgan fingerprint density at radius 1 is 0.579 bits per heavy atom. The summed E-state index contributed by atoms with van der Waals surface area (Å²) in [6.45, 7) is 6.00. The monoisotopic (exact) mass is 265 g/mol. The van der Waals surface area contributed by atoms with E-state index in [0.29, 0.717) is 0 Å². The molecule has 0 aromatic heterocycles. The van der Waals surface area contributed by atoms with Crippen molar-refractivity contribution in [1.82, 2.24) is 0 Å². The van der Waals surface area contributed by atoms with Gasteiger partial charge in [-0.2, -0.15) is 0 Å². The van der Waals surface area contributed by atoms with E-state index in [0.717, 1.165) is 0 Å². The van der Waals surface area contributed by atoms with E-state index in [-0.39, 0.29) is 0 Å². The zero-order valence-electron chi connectivity index (χ0n) is 13.5. The van der Waals surface area contributed by atoms with Crippen LogP contribution in [0.1, 0.15) is 103 Å². The molecule has 0 spiro atoms. The summed E-state index contributed by atoms with van der Waals surface area (Å²) in [6, 6.07) is 0. The summed E-state index contributed by atoms with van der Waals surface area (Å²) in [5.74, 6) is 0. The van der Waals surface area contributed by atoms with Gasteiger partial charge in [-0.3, -0.25) is 0 Å². The first-order chi connectivity index (χ1) is 9.41. The average Bonchev–Trinajstić information content (AvgIpc) is 2.43. The van der Waals surface area contributed by atoms with Crippen LogP contribution in [0.25, 0.3) is 0 Å².